The number of aliphatic hydroxyl groups is 1. The van der Waals surface area contributed by atoms with Gasteiger partial charge in [-0.3, -0.25) is 14.5 Å². The fourth-order valence-electron chi connectivity index (χ4n) is 3.56. The number of rotatable bonds is 5. The lowest BCUT2D eigenvalue weighted by atomic mass is 10.00. The number of amides is 1. The van der Waals surface area contributed by atoms with E-state index in [1.165, 1.54) is 28.6 Å². The van der Waals surface area contributed by atoms with Gasteiger partial charge in [-0.1, -0.05) is 11.3 Å². The maximum Gasteiger partial charge on any atom is 0.296 e. The molecule has 3 aromatic heterocycles. The van der Waals surface area contributed by atoms with Crippen molar-refractivity contribution in [1.82, 2.24) is 4.98 Å². The van der Waals surface area contributed by atoms with Gasteiger partial charge in [0.15, 0.2) is 16.7 Å². The maximum absolute atomic E-state index is 13.2. The van der Waals surface area contributed by atoms with E-state index in [1.54, 1.807) is 44.4 Å². The van der Waals surface area contributed by atoms with Crippen LogP contribution in [0.4, 0.5) is 5.13 Å². The van der Waals surface area contributed by atoms with Crippen LogP contribution in [-0.2, 0) is 4.79 Å². The SMILES string of the molecule is COc1ccc2nc(N3C(=O)C(O)=C(C(=O)c4ccc(C)o4)C3c3ccco3)sc2c1. The molecule has 5 rings (SSSR count). The van der Waals surface area contributed by atoms with Crippen LogP contribution in [0.2, 0.25) is 0 Å². The summed E-state index contributed by atoms with van der Waals surface area (Å²) >= 11 is 1.24. The minimum Gasteiger partial charge on any atom is -0.503 e. The highest BCUT2D eigenvalue weighted by molar-refractivity contribution is 7.22. The van der Waals surface area contributed by atoms with E-state index in [4.69, 9.17) is 13.6 Å². The monoisotopic (exact) mass is 436 g/mol. The van der Waals surface area contributed by atoms with E-state index in [9.17, 15) is 14.7 Å². The first-order valence-electron chi connectivity index (χ1n) is 9.33. The third kappa shape index (κ3) is 3.01. The molecule has 4 aromatic rings. The number of benzene rings is 1. The van der Waals surface area contributed by atoms with Gasteiger partial charge in [-0.2, -0.15) is 0 Å². The van der Waals surface area contributed by atoms with Crippen LogP contribution in [0.25, 0.3) is 10.2 Å². The van der Waals surface area contributed by atoms with Gasteiger partial charge in [-0.05, 0) is 49.4 Å². The summed E-state index contributed by atoms with van der Waals surface area (Å²) in [5.41, 5.74) is 0.541. The third-order valence-corrected chi connectivity index (χ3v) is 6.04. The topological polar surface area (TPSA) is 106 Å². The molecule has 1 unspecified atom stereocenters. The zero-order valence-electron chi connectivity index (χ0n) is 16.5. The molecule has 31 heavy (non-hydrogen) atoms. The first-order valence-corrected chi connectivity index (χ1v) is 10.2. The van der Waals surface area contributed by atoms with Crippen molar-refractivity contribution in [3.63, 3.8) is 0 Å². The molecule has 156 valence electrons. The number of furan rings is 2. The molecule has 1 aliphatic heterocycles. The zero-order chi connectivity index (χ0) is 21.7. The summed E-state index contributed by atoms with van der Waals surface area (Å²) in [6.07, 6.45) is 1.44. The number of carbonyl (C=O) groups excluding carboxylic acids is 2. The first kappa shape index (κ1) is 19.1. The molecule has 1 aliphatic rings. The molecular formula is C22H16N2O6S. The Balaban J connectivity index is 1.64. The Morgan fingerprint density at radius 3 is 2.77 bits per heavy atom. The predicted molar refractivity (Wildman–Crippen MR) is 113 cm³/mol. The molecule has 0 bridgehead atoms. The average molecular weight is 436 g/mol. The number of nitrogens with zero attached hydrogens (tertiary/aromatic N) is 2. The molecule has 0 saturated heterocycles. The summed E-state index contributed by atoms with van der Waals surface area (Å²) in [7, 11) is 1.57. The molecule has 1 atom stereocenters. The third-order valence-electron chi connectivity index (χ3n) is 5.02. The molecule has 0 radical (unpaired) electrons. The number of thiazole rings is 1. The van der Waals surface area contributed by atoms with Crippen molar-refractivity contribution in [2.45, 2.75) is 13.0 Å². The van der Waals surface area contributed by atoms with Crippen molar-refractivity contribution in [2.75, 3.05) is 12.0 Å². The molecule has 1 amide bonds. The minimum absolute atomic E-state index is 0.0271. The summed E-state index contributed by atoms with van der Waals surface area (Å²) in [5.74, 6) is -0.440. The van der Waals surface area contributed by atoms with Crippen molar-refractivity contribution in [1.29, 1.82) is 0 Å². The number of fused-ring (bicyclic) bond motifs is 1. The smallest absolute Gasteiger partial charge is 0.296 e. The highest BCUT2D eigenvalue weighted by atomic mass is 32.1. The Bertz CT molecular complexity index is 1350. The number of hydrogen-bond donors (Lipinski definition) is 1. The van der Waals surface area contributed by atoms with Crippen molar-refractivity contribution in [2.24, 2.45) is 0 Å². The van der Waals surface area contributed by atoms with Crippen LogP contribution in [0.1, 0.15) is 28.1 Å². The quantitative estimate of drug-likeness (QED) is 0.456. The predicted octanol–water partition coefficient (Wildman–Crippen LogP) is 4.58. The van der Waals surface area contributed by atoms with Gasteiger partial charge in [0.25, 0.3) is 5.91 Å². The molecule has 0 saturated carbocycles. The second-order valence-corrected chi connectivity index (χ2v) is 7.93. The van der Waals surface area contributed by atoms with Crippen molar-refractivity contribution in [3.05, 3.63) is 77.3 Å². The summed E-state index contributed by atoms with van der Waals surface area (Å²) in [5, 5.41) is 11.0. The Labute approximate surface area is 180 Å². The highest BCUT2D eigenvalue weighted by Crippen LogP contribution is 2.44. The van der Waals surface area contributed by atoms with Crippen LogP contribution in [0.5, 0.6) is 5.75 Å². The van der Waals surface area contributed by atoms with E-state index in [0.717, 1.165) is 4.70 Å². The largest absolute Gasteiger partial charge is 0.503 e. The highest BCUT2D eigenvalue weighted by Gasteiger charge is 2.47. The van der Waals surface area contributed by atoms with Gasteiger partial charge in [0.05, 0.1) is 29.2 Å². The van der Waals surface area contributed by atoms with E-state index in [-0.39, 0.29) is 11.3 Å². The number of anilines is 1. The molecule has 1 aromatic carbocycles. The van der Waals surface area contributed by atoms with Crippen LogP contribution in [0, 0.1) is 6.92 Å². The van der Waals surface area contributed by atoms with E-state index in [1.807, 2.05) is 6.07 Å². The lowest BCUT2D eigenvalue weighted by molar-refractivity contribution is -0.117. The number of aromatic nitrogens is 1. The van der Waals surface area contributed by atoms with Crippen LogP contribution >= 0.6 is 11.3 Å². The normalized spacial score (nSPS) is 16.5. The lowest BCUT2D eigenvalue weighted by Gasteiger charge is -2.21. The van der Waals surface area contributed by atoms with Gasteiger partial charge in [-0.25, -0.2) is 4.98 Å². The molecular weight excluding hydrogens is 420 g/mol. The number of hydrogen-bond acceptors (Lipinski definition) is 8. The van der Waals surface area contributed by atoms with Gasteiger partial charge >= 0.3 is 0 Å². The summed E-state index contributed by atoms with van der Waals surface area (Å²) in [6.45, 7) is 1.70. The standard InChI is InChI=1S/C22H16N2O6S/c1-11-5-8-15(30-11)19(25)17-18(14-4-3-9-29-14)24(21(27)20(17)26)22-23-13-7-6-12(28-2)10-16(13)31-22/h3-10,18,26H,1-2H3. The van der Waals surface area contributed by atoms with Gasteiger partial charge in [0.1, 0.15) is 23.3 Å². The molecule has 0 spiro atoms. The van der Waals surface area contributed by atoms with E-state index >= 15 is 0 Å². The van der Waals surface area contributed by atoms with Gasteiger partial charge in [-0.15, -0.1) is 0 Å². The summed E-state index contributed by atoms with van der Waals surface area (Å²) in [4.78, 5) is 32.1. The molecule has 1 N–H and O–H groups in total. The van der Waals surface area contributed by atoms with Crippen LogP contribution in [0.3, 0.4) is 0 Å². The molecule has 0 aliphatic carbocycles. The van der Waals surface area contributed by atoms with Crippen molar-refractivity contribution in [3.8, 4) is 5.75 Å². The summed E-state index contributed by atoms with van der Waals surface area (Å²) in [6, 6.07) is 10.8. The summed E-state index contributed by atoms with van der Waals surface area (Å²) < 4.78 is 17.0. The fraction of sp³-hybridized carbons (Fsp3) is 0.136. The number of aryl methyl sites for hydroxylation is 1. The van der Waals surface area contributed by atoms with Crippen LogP contribution in [0.15, 0.2) is 68.9 Å². The number of ether oxygens (including phenoxy) is 1. The van der Waals surface area contributed by atoms with Crippen LogP contribution in [-0.4, -0.2) is 28.9 Å². The van der Waals surface area contributed by atoms with E-state index < -0.39 is 23.5 Å². The zero-order valence-corrected chi connectivity index (χ0v) is 17.3. The lowest BCUT2D eigenvalue weighted by Crippen LogP contribution is -2.30. The van der Waals surface area contributed by atoms with Crippen LogP contribution < -0.4 is 9.64 Å². The number of carbonyl (C=O) groups is 2. The molecule has 4 heterocycles. The van der Waals surface area contributed by atoms with E-state index in [2.05, 4.69) is 4.98 Å². The first-order chi connectivity index (χ1) is 15.0. The average Bonchev–Trinajstić information content (AvgIpc) is 3.54. The minimum atomic E-state index is -0.983. The number of aliphatic hydroxyl groups excluding tert-OH is 1. The van der Waals surface area contributed by atoms with Gasteiger partial charge in [0, 0.05) is 0 Å². The Morgan fingerprint density at radius 2 is 2.10 bits per heavy atom. The molecule has 8 nitrogen and oxygen atoms in total. The second kappa shape index (κ2) is 7.13. The van der Waals surface area contributed by atoms with Crippen molar-refractivity contribution < 1.29 is 28.3 Å². The second-order valence-electron chi connectivity index (χ2n) is 6.92. The number of methoxy groups -OCH3 is 1. The van der Waals surface area contributed by atoms with E-state index in [0.29, 0.717) is 27.9 Å². The molecule has 9 heteroatoms. The van der Waals surface area contributed by atoms with Crippen molar-refractivity contribution >= 4 is 38.4 Å². The maximum atomic E-state index is 13.2. The Kier molecular flexibility index (Phi) is 4.40. The number of Topliss-reactive ketones (excluding diaryl/α,β-unsaturated/α-hetero) is 1. The fourth-order valence-corrected chi connectivity index (χ4v) is 4.58. The Morgan fingerprint density at radius 1 is 1.26 bits per heavy atom. The van der Waals surface area contributed by atoms with Gasteiger partial charge < -0.3 is 18.7 Å². The number of ketones is 1. The molecule has 0 fully saturated rings. The van der Waals surface area contributed by atoms with Gasteiger partial charge in [0.2, 0.25) is 5.78 Å². The Hall–Kier alpha value is -3.85.